The van der Waals surface area contributed by atoms with Gasteiger partial charge in [0, 0.05) is 6.20 Å². The molecular weight excluding hydrogens is 256 g/mol. The summed E-state index contributed by atoms with van der Waals surface area (Å²) in [5, 5.41) is 11.5. The second kappa shape index (κ2) is 6.01. The fraction of sp³-hybridized carbons (Fsp3) is 0.214. The molecule has 2 aromatic rings. The second-order valence-corrected chi connectivity index (χ2v) is 4.50. The smallest absolute Gasteiger partial charge is 0.322 e. The van der Waals surface area contributed by atoms with E-state index < -0.39 is 0 Å². The molecule has 1 heterocycles. The van der Waals surface area contributed by atoms with E-state index in [1.165, 1.54) is 12.3 Å². The van der Waals surface area contributed by atoms with Crippen molar-refractivity contribution in [2.24, 2.45) is 10.9 Å². The first-order valence-corrected chi connectivity index (χ1v) is 6.19. The molecule has 6 nitrogen and oxygen atoms in total. The van der Waals surface area contributed by atoms with Crippen molar-refractivity contribution in [3.63, 3.8) is 0 Å². The quantitative estimate of drug-likeness (QED) is 0.386. The highest BCUT2D eigenvalue weighted by atomic mass is 16.5. The molecule has 104 valence electrons. The molecule has 0 saturated carbocycles. The maximum Gasteiger partial charge on any atom is 0.322 e. The van der Waals surface area contributed by atoms with Crippen LogP contribution in [0.1, 0.15) is 31.0 Å². The van der Waals surface area contributed by atoms with Gasteiger partial charge in [-0.25, -0.2) is 4.98 Å². The Balaban J connectivity index is 2.31. The molecular formula is C14H16N4O2. The topological polar surface area (TPSA) is 93.6 Å². The average Bonchev–Trinajstić information content (AvgIpc) is 2.47. The van der Waals surface area contributed by atoms with Gasteiger partial charge in [0.25, 0.3) is 0 Å². The van der Waals surface area contributed by atoms with Gasteiger partial charge >= 0.3 is 6.01 Å². The van der Waals surface area contributed by atoms with Crippen LogP contribution in [0.3, 0.4) is 0 Å². The van der Waals surface area contributed by atoms with Crippen LogP contribution in [0, 0.1) is 0 Å². The monoisotopic (exact) mass is 272 g/mol. The standard InChI is InChI=1S/C14H16N4O2/c1-9(2)10-5-3-4-6-12(10)20-14-16-8-7-11(17-14)13(15)18-19/h3-9,19H,1-2H3,(H2,15,18). The van der Waals surface area contributed by atoms with Gasteiger partial charge in [0.1, 0.15) is 11.4 Å². The summed E-state index contributed by atoms with van der Waals surface area (Å²) in [6.07, 6.45) is 1.49. The summed E-state index contributed by atoms with van der Waals surface area (Å²) in [5.74, 6) is 0.923. The number of para-hydroxylation sites is 1. The molecule has 3 N–H and O–H groups in total. The molecule has 0 amide bonds. The lowest BCUT2D eigenvalue weighted by Crippen LogP contribution is -2.15. The molecule has 0 radical (unpaired) electrons. The second-order valence-electron chi connectivity index (χ2n) is 4.50. The van der Waals surface area contributed by atoms with Crippen LogP contribution in [0.2, 0.25) is 0 Å². The molecule has 1 aromatic heterocycles. The molecule has 6 heteroatoms. The molecule has 1 aromatic carbocycles. The van der Waals surface area contributed by atoms with Gasteiger partial charge in [0.15, 0.2) is 5.84 Å². The highest BCUT2D eigenvalue weighted by Crippen LogP contribution is 2.28. The van der Waals surface area contributed by atoms with Crippen LogP contribution in [-0.2, 0) is 0 Å². The molecule has 2 rings (SSSR count). The minimum atomic E-state index is -0.0885. The van der Waals surface area contributed by atoms with Crippen molar-refractivity contribution in [3.8, 4) is 11.8 Å². The number of benzene rings is 1. The van der Waals surface area contributed by atoms with E-state index in [9.17, 15) is 0 Å². The Morgan fingerprint density at radius 1 is 1.30 bits per heavy atom. The summed E-state index contributed by atoms with van der Waals surface area (Å²) in [4.78, 5) is 8.12. The van der Waals surface area contributed by atoms with Crippen LogP contribution in [0.25, 0.3) is 0 Å². The van der Waals surface area contributed by atoms with Gasteiger partial charge in [-0.2, -0.15) is 4.98 Å². The average molecular weight is 272 g/mol. The van der Waals surface area contributed by atoms with Crippen LogP contribution in [0.15, 0.2) is 41.7 Å². The van der Waals surface area contributed by atoms with Gasteiger partial charge in [-0.3, -0.25) is 0 Å². The number of oxime groups is 1. The highest BCUT2D eigenvalue weighted by Gasteiger charge is 2.10. The summed E-state index contributed by atoms with van der Waals surface area (Å²) in [5.41, 5.74) is 6.85. The highest BCUT2D eigenvalue weighted by molar-refractivity contribution is 5.95. The van der Waals surface area contributed by atoms with Gasteiger partial charge in [0.2, 0.25) is 0 Å². The van der Waals surface area contributed by atoms with Crippen LogP contribution < -0.4 is 10.5 Å². The fourth-order valence-corrected chi connectivity index (χ4v) is 1.73. The minimum Gasteiger partial charge on any atom is -0.424 e. The van der Waals surface area contributed by atoms with E-state index in [1.807, 2.05) is 24.3 Å². The van der Waals surface area contributed by atoms with Crippen molar-refractivity contribution in [1.82, 2.24) is 9.97 Å². The van der Waals surface area contributed by atoms with Gasteiger partial charge in [0.05, 0.1) is 0 Å². The Morgan fingerprint density at radius 2 is 2.05 bits per heavy atom. The molecule has 0 saturated heterocycles. The lowest BCUT2D eigenvalue weighted by atomic mass is 10.0. The normalized spacial score (nSPS) is 11.7. The molecule has 0 aliphatic heterocycles. The Bertz CT molecular complexity index is 626. The molecule has 0 aliphatic rings. The number of hydrogen-bond donors (Lipinski definition) is 2. The zero-order valence-corrected chi connectivity index (χ0v) is 11.3. The first kappa shape index (κ1) is 13.8. The van der Waals surface area contributed by atoms with E-state index in [1.54, 1.807) is 0 Å². The van der Waals surface area contributed by atoms with Crippen molar-refractivity contribution >= 4 is 5.84 Å². The Morgan fingerprint density at radius 3 is 2.75 bits per heavy atom. The van der Waals surface area contributed by atoms with E-state index in [-0.39, 0.29) is 11.8 Å². The van der Waals surface area contributed by atoms with Gasteiger partial charge < -0.3 is 15.7 Å². The largest absolute Gasteiger partial charge is 0.424 e. The van der Waals surface area contributed by atoms with E-state index in [0.29, 0.717) is 17.4 Å². The summed E-state index contributed by atoms with van der Waals surface area (Å²) < 4.78 is 5.69. The number of rotatable bonds is 4. The first-order chi connectivity index (χ1) is 9.61. The minimum absolute atomic E-state index is 0.0885. The third kappa shape index (κ3) is 3.03. The van der Waals surface area contributed by atoms with Crippen molar-refractivity contribution in [1.29, 1.82) is 0 Å². The van der Waals surface area contributed by atoms with Crippen molar-refractivity contribution < 1.29 is 9.94 Å². The maximum atomic E-state index is 8.65. The summed E-state index contributed by atoms with van der Waals surface area (Å²) in [6, 6.07) is 9.38. The third-order valence-electron chi connectivity index (χ3n) is 2.75. The van der Waals surface area contributed by atoms with Gasteiger partial charge in [-0.1, -0.05) is 37.2 Å². The molecule has 0 aliphatic carbocycles. The number of aromatic nitrogens is 2. The zero-order valence-electron chi connectivity index (χ0n) is 11.3. The van der Waals surface area contributed by atoms with Gasteiger partial charge in [-0.05, 0) is 23.6 Å². The zero-order chi connectivity index (χ0) is 14.5. The summed E-state index contributed by atoms with van der Waals surface area (Å²) >= 11 is 0. The SMILES string of the molecule is CC(C)c1ccccc1Oc1nccc(/C(N)=N/O)n1. The number of nitrogens with two attached hydrogens (primary N) is 1. The van der Waals surface area contributed by atoms with Crippen LogP contribution in [-0.4, -0.2) is 21.0 Å². The van der Waals surface area contributed by atoms with Crippen LogP contribution >= 0.6 is 0 Å². The Kier molecular flexibility index (Phi) is 4.14. The Labute approximate surface area is 116 Å². The molecule has 0 atom stereocenters. The van der Waals surface area contributed by atoms with E-state index in [4.69, 9.17) is 15.7 Å². The molecule has 0 spiro atoms. The first-order valence-electron chi connectivity index (χ1n) is 6.19. The fourth-order valence-electron chi connectivity index (χ4n) is 1.73. The predicted molar refractivity (Wildman–Crippen MR) is 75.1 cm³/mol. The van der Waals surface area contributed by atoms with E-state index in [2.05, 4.69) is 29.0 Å². The van der Waals surface area contributed by atoms with E-state index >= 15 is 0 Å². The van der Waals surface area contributed by atoms with Crippen molar-refractivity contribution in [2.45, 2.75) is 19.8 Å². The molecule has 0 bridgehead atoms. The Hall–Kier alpha value is -2.63. The number of hydrogen-bond acceptors (Lipinski definition) is 5. The van der Waals surface area contributed by atoms with Crippen LogP contribution in [0.4, 0.5) is 0 Å². The predicted octanol–water partition coefficient (Wildman–Crippen LogP) is 2.49. The summed E-state index contributed by atoms with van der Waals surface area (Å²) in [7, 11) is 0. The number of amidine groups is 1. The van der Waals surface area contributed by atoms with Crippen molar-refractivity contribution in [3.05, 3.63) is 47.8 Å². The van der Waals surface area contributed by atoms with Gasteiger partial charge in [-0.15, -0.1) is 0 Å². The number of ether oxygens (including phenoxy) is 1. The lowest BCUT2D eigenvalue weighted by Gasteiger charge is -2.12. The molecule has 0 unspecified atom stereocenters. The summed E-state index contributed by atoms with van der Waals surface area (Å²) in [6.45, 7) is 4.16. The molecule has 0 fully saturated rings. The third-order valence-corrected chi connectivity index (χ3v) is 2.75. The van der Waals surface area contributed by atoms with Crippen LogP contribution in [0.5, 0.6) is 11.8 Å². The van der Waals surface area contributed by atoms with E-state index in [0.717, 1.165) is 5.56 Å². The van der Waals surface area contributed by atoms with Crippen molar-refractivity contribution in [2.75, 3.05) is 0 Å². The maximum absolute atomic E-state index is 8.65. The lowest BCUT2D eigenvalue weighted by molar-refractivity contribution is 0.318. The molecule has 20 heavy (non-hydrogen) atoms. The number of nitrogens with zero attached hydrogens (tertiary/aromatic N) is 3.